The first-order chi connectivity index (χ1) is 16.3. The number of halogens is 3. The van der Waals surface area contributed by atoms with E-state index in [1.54, 1.807) is 13.2 Å². The number of aromatic nitrogens is 3. The van der Waals surface area contributed by atoms with Gasteiger partial charge in [0, 0.05) is 44.6 Å². The molecule has 182 valence electrons. The Bertz CT molecular complexity index is 1110. The van der Waals surface area contributed by atoms with E-state index in [1.165, 1.54) is 18.0 Å². The number of hydrogen-bond donors (Lipinski definition) is 2. The molecule has 3 heterocycles. The largest absolute Gasteiger partial charge is 0.497 e. The second kappa shape index (κ2) is 11.6. The van der Waals surface area contributed by atoms with Crippen LogP contribution in [0.1, 0.15) is 29.8 Å². The smallest absolute Gasteiger partial charge is 0.274 e. The first kappa shape index (κ1) is 25.2. The molecule has 0 radical (unpaired) electrons. The van der Waals surface area contributed by atoms with E-state index in [9.17, 15) is 18.0 Å². The number of methoxy groups -OCH3 is 1. The molecule has 3 N–H and O–H groups in total. The molecule has 11 heteroatoms. The van der Waals surface area contributed by atoms with Crippen molar-refractivity contribution in [2.45, 2.75) is 25.3 Å². The van der Waals surface area contributed by atoms with Crippen molar-refractivity contribution >= 4 is 11.6 Å². The highest BCUT2D eigenvalue weighted by Crippen LogP contribution is 2.30. The van der Waals surface area contributed by atoms with Gasteiger partial charge >= 0.3 is 0 Å². The number of carbonyl (C=O) groups excluding carboxylic acids is 1. The third kappa shape index (κ3) is 6.55. The van der Waals surface area contributed by atoms with Crippen LogP contribution >= 0.6 is 0 Å². The van der Waals surface area contributed by atoms with Crippen LogP contribution in [0.25, 0.3) is 11.3 Å². The fourth-order valence-corrected chi connectivity index (χ4v) is 3.25. The van der Waals surface area contributed by atoms with Gasteiger partial charge in [-0.05, 0) is 31.4 Å². The van der Waals surface area contributed by atoms with Crippen molar-refractivity contribution in [2.24, 2.45) is 12.8 Å². The second-order valence-electron chi connectivity index (χ2n) is 7.65. The van der Waals surface area contributed by atoms with Crippen LogP contribution in [0.15, 0.2) is 36.7 Å². The van der Waals surface area contributed by atoms with Crippen molar-refractivity contribution < 1.29 is 27.4 Å². The van der Waals surface area contributed by atoms with E-state index in [1.807, 2.05) is 0 Å². The SMILES string of the molecule is COc1cc(F)c(-c2nc(C(=O)Nc3cnn(C)c3)ccc2F)c(F)c1.NC1CCCOCC1. The lowest BCUT2D eigenvalue weighted by atomic mass is 10.1. The maximum Gasteiger partial charge on any atom is 0.274 e. The lowest BCUT2D eigenvalue weighted by molar-refractivity contribution is 0.102. The van der Waals surface area contributed by atoms with Gasteiger partial charge in [-0.1, -0.05) is 0 Å². The van der Waals surface area contributed by atoms with Crippen LogP contribution in [0.3, 0.4) is 0 Å². The molecule has 1 atom stereocenters. The minimum absolute atomic E-state index is 0.0605. The van der Waals surface area contributed by atoms with E-state index in [4.69, 9.17) is 15.2 Å². The van der Waals surface area contributed by atoms with E-state index in [0.29, 0.717) is 11.7 Å². The molecule has 0 spiro atoms. The van der Waals surface area contributed by atoms with E-state index in [2.05, 4.69) is 15.4 Å². The number of hydrogen-bond acceptors (Lipinski definition) is 6. The zero-order chi connectivity index (χ0) is 24.7. The molecule has 0 saturated carbocycles. The molecule has 0 aliphatic carbocycles. The summed E-state index contributed by atoms with van der Waals surface area (Å²) in [5.41, 5.74) is 4.55. The Balaban J connectivity index is 0.000000343. The van der Waals surface area contributed by atoms with Crippen LogP contribution < -0.4 is 15.8 Å². The summed E-state index contributed by atoms with van der Waals surface area (Å²) >= 11 is 0. The molecule has 1 aromatic carbocycles. The summed E-state index contributed by atoms with van der Waals surface area (Å²) < 4.78 is 54.0. The van der Waals surface area contributed by atoms with Crippen LogP contribution in [0.2, 0.25) is 0 Å². The first-order valence-electron chi connectivity index (χ1n) is 10.6. The number of anilines is 1. The highest BCUT2D eigenvalue weighted by Gasteiger charge is 2.21. The molecule has 1 amide bonds. The Morgan fingerprint density at radius 3 is 2.56 bits per heavy atom. The monoisotopic (exact) mass is 477 g/mol. The number of benzene rings is 1. The molecule has 34 heavy (non-hydrogen) atoms. The third-order valence-electron chi connectivity index (χ3n) is 5.03. The normalized spacial score (nSPS) is 15.6. The summed E-state index contributed by atoms with van der Waals surface area (Å²) in [7, 11) is 2.91. The van der Waals surface area contributed by atoms with E-state index in [-0.39, 0.29) is 11.4 Å². The quantitative estimate of drug-likeness (QED) is 0.594. The van der Waals surface area contributed by atoms with Crippen molar-refractivity contribution in [3.05, 3.63) is 59.8 Å². The number of carbonyl (C=O) groups is 1. The summed E-state index contributed by atoms with van der Waals surface area (Å²) in [5, 5.41) is 6.40. The molecule has 2 aromatic heterocycles. The topological polar surface area (TPSA) is 104 Å². The van der Waals surface area contributed by atoms with Crippen molar-refractivity contribution in [3.8, 4) is 17.0 Å². The van der Waals surface area contributed by atoms with Crippen LogP contribution in [0, 0.1) is 17.5 Å². The minimum atomic E-state index is -1.06. The third-order valence-corrected chi connectivity index (χ3v) is 5.03. The Labute approximate surface area is 194 Å². The van der Waals surface area contributed by atoms with Gasteiger partial charge in [0.1, 0.15) is 34.6 Å². The van der Waals surface area contributed by atoms with Crippen LogP contribution in [-0.2, 0) is 11.8 Å². The van der Waals surface area contributed by atoms with Crippen molar-refractivity contribution in [3.63, 3.8) is 0 Å². The predicted octanol–water partition coefficient (Wildman–Crippen LogP) is 3.67. The zero-order valence-corrected chi connectivity index (χ0v) is 18.9. The van der Waals surface area contributed by atoms with E-state index >= 15 is 0 Å². The van der Waals surface area contributed by atoms with Gasteiger partial charge < -0.3 is 20.5 Å². The molecule has 4 rings (SSSR count). The zero-order valence-electron chi connectivity index (χ0n) is 18.9. The number of nitrogens with one attached hydrogen (secondary N) is 1. The molecule has 1 unspecified atom stereocenters. The first-order valence-corrected chi connectivity index (χ1v) is 10.6. The maximum atomic E-state index is 14.2. The van der Waals surface area contributed by atoms with Crippen molar-refractivity contribution in [2.75, 3.05) is 25.6 Å². The number of pyridine rings is 1. The van der Waals surface area contributed by atoms with Gasteiger partial charge in [0.2, 0.25) is 0 Å². The Hall–Kier alpha value is -3.44. The van der Waals surface area contributed by atoms with Gasteiger partial charge in [-0.15, -0.1) is 0 Å². The van der Waals surface area contributed by atoms with Gasteiger partial charge in [-0.25, -0.2) is 18.2 Å². The average molecular weight is 477 g/mol. The second-order valence-corrected chi connectivity index (χ2v) is 7.65. The van der Waals surface area contributed by atoms with Gasteiger partial charge in [0.05, 0.1) is 24.6 Å². The molecule has 8 nitrogen and oxygen atoms in total. The summed E-state index contributed by atoms with van der Waals surface area (Å²) in [6.45, 7) is 1.77. The fourth-order valence-electron chi connectivity index (χ4n) is 3.25. The molecule has 1 aliphatic heterocycles. The highest BCUT2D eigenvalue weighted by molar-refractivity contribution is 6.03. The molecule has 3 aromatic rings. The van der Waals surface area contributed by atoms with E-state index < -0.39 is 34.6 Å². The minimum Gasteiger partial charge on any atom is -0.497 e. The van der Waals surface area contributed by atoms with E-state index in [0.717, 1.165) is 56.7 Å². The number of nitrogens with zero attached hydrogens (tertiary/aromatic N) is 3. The number of amides is 1. The van der Waals surface area contributed by atoms with Gasteiger partial charge in [-0.3, -0.25) is 9.48 Å². The van der Waals surface area contributed by atoms with Gasteiger partial charge in [0.25, 0.3) is 5.91 Å². The van der Waals surface area contributed by atoms with Crippen LogP contribution in [0.4, 0.5) is 18.9 Å². The summed E-state index contributed by atoms with van der Waals surface area (Å²) in [6, 6.07) is 4.25. The molecule has 0 bridgehead atoms. The lowest BCUT2D eigenvalue weighted by Crippen LogP contribution is -2.19. The van der Waals surface area contributed by atoms with Crippen LogP contribution in [-0.4, -0.2) is 47.0 Å². The highest BCUT2D eigenvalue weighted by atomic mass is 19.1. The van der Waals surface area contributed by atoms with Crippen molar-refractivity contribution in [1.29, 1.82) is 0 Å². The Morgan fingerprint density at radius 2 is 1.91 bits per heavy atom. The van der Waals surface area contributed by atoms with Gasteiger partial charge in [-0.2, -0.15) is 5.10 Å². The summed E-state index contributed by atoms with van der Waals surface area (Å²) in [4.78, 5) is 16.0. The summed E-state index contributed by atoms with van der Waals surface area (Å²) in [5.74, 6) is -3.81. The van der Waals surface area contributed by atoms with Crippen molar-refractivity contribution in [1.82, 2.24) is 14.8 Å². The average Bonchev–Trinajstić information content (AvgIpc) is 3.05. The molecular weight excluding hydrogens is 451 g/mol. The standard InChI is InChI=1S/C17H13F3N4O2.C6H13NO/c1-24-8-9(7-21-24)22-17(25)14-4-3-11(18)16(23-14)15-12(19)5-10(26-2)6-13(15)20;7-6-2-1-4-8-5-3-6/h3-8H,1-2H3,(H,22,25);6H,1-5,7H2. The maximum absolute atomic E-state index is 14.2. The molecule has 1 aliphatic rings. The Kier molecular flexibility index (Phi) is 8.61. The summed E-state index contributed by atoms with van der Waals surface area (Å²) in [6.07, 6.45) is 6.28. The van der Waals surface area contributed by atoms with Gasteiger partial charge in [0.15, 0.2) is 0 Å². The lowest BCUT2D eigenvalue weighted by Gasteiger charge is -2.10. The molecule has 1 saturated heterocycles. The number of aryl methyl sites for hydroxylation is 1. The molecule has 1 fully saturated rings. The Morgan fingerprint density at radius 1 is 1.18 bits per heavy atom. The predicted molar refractivity (Wildman–Crippen MR) is 120 cm³/mol. The van der Waals surface area contributed by atoms with Crippen LogP contribution in [0.5, 0.6) is 5.75 Å². The number of nitrogens with two attached hydrogens (primary N) is 1. The number of rotatable bonds is 4. The number of ether oxygens (including phenoxy) is 2. The fraction of sp³-hybridized carbons (Fsp3) is 0.348. The molecular formula is C23H26F3N5O3.